The monoisotopic (exact) mass is 226 g/mol. The molecular formula is C14H26O2. The van der Waals surface area contributed by atoms with Gasteiger partial charge in [-0.05, 0) is 31.6 Å². The molecule has 1 aliphatic rings. The van der Waals surface area contributed by atoms with Crippen LogP contribution in [0.3, 0.4) is 0 Å². The van der Waals surface area contributed by atoms with E-state index in [0.717, 1.165) is 25.7 Å². The van der Waals surface area contributed by atoms with Crippen LogP contribution in [-0.4, -0.2) is 19.5 Å². The van der Waals surface area contributed by atoms with Gasteiger partial charge in [-0.3, -0.25) is 4.79 Å². The van der Waals surface area contributed by atoms with E-state index >= 15 is 0 Å². The fourth-order valence-corrected chi connectivity index (χ4v) is 3.07. The van der Waals surface area contributed by atoms with Crippen LogP contribution in [0.25, 0.3) is 0 Å². The summed E-state index contributed by atoms with van der Waals surface area (Å²) in [6.07, 6.45) is 7.40. The summed E-state index contributed by atoms with van der Waals surface area (Å²) in [6.45, 7) is 5.16. The average molecular weight is 226 g/mol. The third kappa shape index (κ3) is 3.58. The molecular weight excluding hydrogens is 200 g/mol. The molecule has 1 aliphatic carbocycles. The number of Topliss-reactive ketones (excluding diaryl/α,β-unsaturated/α-hetero) is 1. The van der Waals surface area contributed by atoms with Crippen LogP contribution in [0.1, 0.15) is 58.8 Å². The maximum Gasteiger partial charge on any atom is 0.139 e. The lowest BCUT2D eigenvalue weighted by Gasteiger charge is -2.29. The van der Waals surface area contributed by atoms with Crippen molar-refractivity contribution < 1.29 is 9.53 Å². The lowest BCUT2D eigenvalue weighted by Crippen LogP contribution is -2.29. The molecule has 0 saturated heterocycles. The van der Waals surface area contributed by atoms with Gasteiger partial charge in [0.15, 0.2) is 0 Å². The fraction of sp³-hybridized carbons (Fsp3) is 0.929. The summed E-state index contributed by atoms with van der Waals surface area (Å²) in [4.78, 5) is 12.3. The van der Waals surface area contributed by atoms with Crippen molar-refractivity contribution in [3.05, 3.63) is 0 Å². The zero-order chi connectivity index (χ0) is 12.0. The number of hydrogen-bond acceptors (Lipinski definition) is 2. The Morgan fingerprint density at radius 3 is 2.44 bits per heavy atom. The Balaban J connectivity index is 2.51. The highest BCUT2D eigenvalue weighted by atomic mass is 16.5. The molecule has 0 unspecified atom stereocenters. The maximum atomic E-state index is 12.3. The molecule has 0 heterocycles. The molecule has 1 fully saturated rings. The van der Waals surface area contributed by atoms with E-state index in [4.69, 9.17) is 4.74 Å². The van der Waals surface area contributed by atoms with Crippen molar-refractivity contribution in [3.8, 4) is 0 Å². The molecule has 0 N–H and O–H groups in total. The number of hydrogen-bond donors (Lipinski definition) is 0. The van der Waals surface area contributed by atoms with Gasteiger partial charge in [-0.2, -0.15) is 0 Å². The Labute approximate surface area is 99.8 Å². The van der Waals surface area contributed by atoms with Gasteiger partial charge >= 0.3 is 0 Å². The number of carbonyl (C=O) groups excluding carboxylic acids is 1. The quantitative estimate of drug-likeness (QED) is 0.620. The first-order chi connectivity index (χ1) is 7.60. The molecule has 0 atom stereocenters. The third-order valence-electron chi connectivity index (χ3n) is 3.70. The summed E-state index contributed by atoms with van der Waals surface area (Å²) >= 11 is 0. The second-order valence-electron chi connectivity index (χ2n) is 5.60. The van der Waals surface area contributed by atoms with Gasteiger partial charge in [0.05, 0.1) is 0 Å². The highest BCUT2D eigenvalue weighted by Gasteiger charge is 2.40. The van der Waals surface area contributed by atoms with Crippen molar-refractivity contribution in [2.45, 2.75) is 58.8 Å². The molecule has 0 aromatic heterocycles. The maximum absolute atomic E-state index is 12.3. The first-order valence-electron chi connectivity index (χ1n) is 6.63. The molecule has 0 bridgehead atoms. The SMILES string of the molecule is COCCCC(=O)C1(CC(C)C)CCCC1. The Kier molecular flexibility index (Phi) is 5.47. The van der Waals surface area contributed by atoms with Crippen LogP contribution in [0.5, 0.6) is 0 Å². The molecule has 0 spiro atoms. The largest absolute Gasteiger partial charge is 0.385 e. The number of carbonyl (C=O) groups is 1. The van der Waals surface area contributed by atoms with Gasteiger partial charge in [0.25, 0.3) is 0 Å². The van der Waals surface area contributed by atoms with Gasteiger partial charge in [0.1, 0.15) is 5.78 Å². The minimum atomic E-state index is 0.0297. The first kappa shape index (κ1) is 13.7. The highest BCUT2D eigenvalue weighted by molar-refractivity contribution is 5.85. The van der Waals surface area contributed by atoms with E-state index in [1.807, 2.05) is 0 Å². The number of ether oxygens (including phenoxy) is 1. The Morgan fingerprint density at radius 2 is 1.94 bits per heavy atom. The number of methoxy groups -OCH3 is 1. The van der Waals surface area contributed by atoms with Crippen molar-refractivity contribution in [2.24, 2.45) is 11.3 Å². The highest BCUT2D eigenvalue weighted by Crippen LogP contribution is 2.44. The minimum absolute atomic E-state index is 0.0297. The number of rotatable bonds is 7. The summed E-state index contributed by atoms with van der Waals surface area (Å²) < 4.78 is 5.02. The second kappa shape index (κ2) is 6.39. The Morgan fingerprint density at radius 1 is 1.31 bits per heavy atom. The standard InChI is InChI=1S/C14H26O2/c1-12(2)11-14(8-4-5-9-14)13(15)7-6-10-16-3/h12H,4-11H2,1-3H3. The van der Waals surface area contributed by atoms with Crippen LogP contribution in [0.2, 0.25) is 0 Å². The predicted molar refractivity (Wildman–Crippen MR) is 66.5 cm³/mol. The summed E-state index contributed by atoms with van der Waals surface area (Å²) in [6, 6.07) is 0. The van der Waals surface area contributed by atoms with E-state index in [9.17, 15) is 4.79 Å². The van der Waals surface area contributed by atoms with E-state index in [2.05, 4.69) is 13.8 Å². The molecule has 0 aromatic rings. The summed E-state index contributed by atoms with van der Waals surface area (Å²) in [5.41, 5.74) is 0.0297. The van der Waals surface area contributed by atoms with Crippen LogP contribution in [0.4, 0.5) is 0 Å². The molecule has 1 saturated carbocycles. The topological polar surface area (TPSA) is 26.3 Å². The molecule has 94 valence electrons. The third-order valence-corrected chi connectivity index (χ3v) is 3.70. The van der Waals surface area contributed by atoms with E-state index in [1.165, 1.54) is 12.8 Å². The van der Waals surface area contributed by atoms with Gasteiger partial charge in [0, 0.05) is 25.6 Å². The van der Waals surface area contributed by atoms with E-state index < -0.39 is 0 Å². The predicted octanol–water partition coefficient (Wildman–Crippen LogP) is 3.59. The van der Waals surface area contributed by atoms with Crippen molar-refractivity contribution >= 4 is 5.78 Å². The van der Waals surface area contributed by atoms with Crippen LogP contribution in [0, 0.1) is 11.3 Å². The van der Waals surface area contributed by atoms with Crippen molar-refractivity contribution in [1.29, 1.82) is 0 Å². The minimum Gasteiger partial charge on any atom is -0.385 e. The van der Waals surface area contributed by atoms with Crippen LogP contribution >= 0.6 is 0 Å². The fourth-order valence-electron chi connectivity index (χ4n) is 3.07. The van der Waals surface area contributed by atoms with Gasteiger partial charge in [-0.1, -0.05) is 26.7 Å². The van der Waals surface area contributed by atoms with Crippen LogP contribution < -0.4 is 0 Å². The molecule has 2 nitrogen and oxygen atoms in total. The van der Waals surface area contributed by atoms with E-state index in [1.54, 1.807) is 7.11 Å². The molecule has 16 heavy (non-hydrogen) atoms. The Bertz CT molecular complexity index is 215. The first-order valence-corrected chi connectivity index (χ1v) is 6.63. The normalized spacial score (nSPS) is 19.2. The molecule has 2 heteroatoms. The van der Waals surface area contributed by atoms with Gasteiger partial charge in [-0.15, -0.1) is 0 Å². The van der Waals surface area contributed by atoms with Crippen molar-refractivity contribution in [2.75, 3.05) is 13.7 Å². The smallest absolute Gasteiger partial charge is 0.139 e. The Hall–Kier alpha value is -0.370. The lowest BCUT2D eigenvalue weighted by molar-refractivity contribution is -0.129. The second-order valence-corrected chi connectivity index (χ2v) is 5.60. The zero-order valence-electron chi connectivity index (χ0n) is 11.1. The molecule has 0 radical (unpaired) electrons. The van der Waals surface area contributed by atoms with Crippen molar-refractivity contribution in [1.82, 2.24) is 0 Å². The van der Waals surface area contributed by atoms with Gasteiger partial charge < -0.3 is 4.74 Å². The number of ketones is 1. The van der Waals surface area contributed by atoms with E-state index in [-0.39, 0.29) is 5.41 Å². The lowest BCUT2D eigenvalue weighted by atomic mass is 9.74. The van der Waals surface area contributed by atoms with Crippen molar-refractivity contribution in [3.63, 3.8) is 0 Å². The van der Waals surface area contributed by atoms with Gasteiger partial charge in [-0.25, -0.2) is 0 Å². The molecule has 0 amide bonds. The molecule has 0 aromatic carbocycles. The van der Waals surface area contributed by atoms with Crippen LogP contribution in [0.15, 0.2) is 0 Å². The zero-order valence-corrected chi connectivity index (χ0v) is 11.1. The van der Waals surface area contributed by atoms with Gasteiger partial charge in [0.2, 0.25) is 0 Å². The van der Waals surface area contributed by atoms with E-state index in [0.29, 0.717) is 24.7 Å². The molecule has 1 rings (SSSR count). The summed E-state index contributed by atoms with van der Waals surface area (Å²) in [5.74, 6) is 1.13. The average Bonchev–Trinajstić information content (AvgIpc) is 2.67. The van der Waals surface area contributed by atoms with Crippen LogP contribution in [-0.2, 0) is 9.53 Å². The molecule has 0 aliphatic heterocycles. The summed E-state index contributed by atoms with van der Waals surface area (Å²) in [5, 5.41) is 0. The summed E-state index contributed by atoms with van der Waals surface area (Å²) in [7, 11) is 1.70.